The highest BCUT2D eigenvalue weighted by molar-refractivity contribution is 8.04. The molecule has 1 N–H and O–H groups in total. The number of allylic oxidation sites excluding steroid dienone is 1. The van der Waals surface area contributed by atoms with Gasteiger partial charge in [-0.25, -0.2) is 4.79 Å². The van der Waals surface area contributed by atoms with E-state index in [4.69, 9.17) is 8.84 Å². The Morgan fingerprint density at radius 3 is 2.50 bits per heavy atom. The molecule has 0 aliphatic carbocycles. The number of hydrogen-bond donors (Lipinski definition) is 1. The summed E-state index contributed by atoms with van der Waals surface area (Å²) in [7, 11) is -1.43. The number of nitrogens with zero attached hydrogens (tertiary/aromatic N) is 1. The molecule has 1 aromatic rings. The van der Waals surface area contributed by atoms with E-state index in [1.165, 1.54) is 16.7 Å². The molecule has 1 saturated heterocycles. The fourth-order valence-corrected chi connectivity index (χ4v) is 6.72. The number of carboxylic acids is 1. The van der Waals surface area contributed by atoms with Gasteiger partial charge >= 0.3 is 5.97 Å². The standard InChI is InChI=1S/C20H27NO5SSi/c1-19(2,3)20(4,26-28(5)6)14-16(22)21-15(18(23)24)13(27-17(14)21)10-9-12-8-7-11-25-12/h7-11,14,17,28H,1-6H3,(H,23,24)/b10-9+/t14-,17+,20?/m0/s1. The highest BCUT2D eigenvalue weighted by atomic mass is 32.2. The first-order valence-corrected chi connectivity index (χ1v) is 13.0. The van der Waals surface area contributed by atoms with Gasteiger partial charge in [0.05, 0.1) is 17.8 Å². The molecule has 1 fully saturated rings. The maximum atomic E-state index is 13.1. The lowest BCUT2D eigenvalue weighted by atomic mass is 9.66. The van der Waals surface area contributed by atoms with Gasteiger partial charge in [0.25, 0.3) is 0 Å². The van der Waals surface area contributed by atoms with E-state index in [-0.39, 0.29) is 22.4 Å². The molecule has 3 heterocycles. The molecule has 0 spiro atoms. The third-order valence-corrected chi connectivity index (χ3v) is 7.74. The topological polar surface area (TPSA) is 80.0 Å². The summed E-state index contributed by atoms with van der Waals surface area (Å²) in [6.07, 6.45) is 4.99. The molecule has 0 bridgehead atoms. The van der Waals surface area contributed by atoms with Crippen LogP contribution in [-0.2, 0) is 14.0 Å². The van der Waals surface area contributed by atoms with Gasteiger partial charge in [0.15, 0.2) is 9.04 Å². The number of thioether (sulfide) groups is 1. The van der Waals surface area contributed by atoms with Crippen molar-refractivity contribution in [3.05, 3.63) is 40.8 Å². The molecule has 2 aliphatic rings. The van der Waals surface area contributed by atoms with Crippen molar-refractivity contribution in [3.8, 4) is 0 Å². The van der Waals surface area contributed by atoms with Crippen LogP contribution < -0.4 is 0 Å². The van der Waals surface area contributed by atoms with Crippen LogP contribution in [-0.4, -0.2) is 41.9 Å². The first kappa shape index (κ1) is 20.9. The van der Waals surface area contributed by atoms with E-state index >= 15 is 0 Å². The van der Waals surface area contributed by atoms with Crippen molar-refractivity contribution in [2.45, 2.75) is 51.8 Å². The minimum Gasteiger partial charge on any atom is -0.477 e. The normalized spacial score (nSPS) is 24.7. The molecule has 3 rings (SSSR count). The van der Waals surface area contributed by atoms with Gasteiger partial charge in [-0.15, -0.1) is 0 Å². The zero-order valence-corrected chi connectivity index (χ0v) is 19.0. The number of rotatable bonds is 6. The Kier molecular flexibility index (Phi) is 5.42. The van der Waals surface area contributed by atoms with Crippen molar-refractivity contribution in [3.63, 3.8) is 0 Å². The number of aliphatic carboxylic acids is 1. The number of hydrogen-bond acceptors (Lipinski definition) is 5. The van der Waals surface area contributed by atoms with Gasteiger partial charge < -0.3 is 13.9 Å². The Labute approximate surface area is 171 Å². The fourth-order valence-electron chi connectivity index (χ4n) is 3.71. The molecule has 1 unspecified atom stereocenters. The molecule has 28 heavy (non-hydrogen) atoms. The number of amides is 1. The number of carbonyl (C=O) groups is 2. The molecule has 1 aromatic heterocycles. The molecule has 3 atom stereocenters. The molecule has 1 amide bonds. The van der Waals surface area contributed by atoms with Crippen molar-refractivity contribution in [2.75, 3.05) is 0 Å². The van der Waals surface area contributed by atoms with Gasteiger partial charge in [0, 0.05) is 4.91 Å². The number of β-lactam (4-membered cyclic amide) rings is 1. The van der Waals surface area contributed by atoms with Crippen molar-refractivity contribution in [1.82, 2.24) is 4.90 Å². The number of fused-ring (bicyclic) bond motifs is 1. The average Bonchev–Trinajstić information content (AvgIpc) is 3.16. The van der Waals surface area contributed by atoms with E-state index < -0.39 is 26.5 Å². The van der Waals surface area contributed by atoms with Gasteiger partial charge in [0.1, 0.15) is 16.8 Å². The van der Waals surface area contributed by atoms with Gasteiger partial charge in [-0.2, -0.15) is 0 Å². The third-order valence-electron chi connectivity index (χ3n) is 5.47. The second kappa shape index (κ2) is 7.24. The van der Waals surface area contributed by atoms with Gasteiger partial charge in [-0.1, -0.05) is 32.5 Å². The Balaban J connectivity index is 1.94. The predicted molar refractivity (Wildman–Crippen MR) is 112 cm³/mol. The minimum absolute atomic E-state index is 0.0390. The zero-order chi connectivity index (χ0) is 20.9. The van der Waals surface area contributed by atoms with Crippen LogP contribution >= 0.6 is 11.8 Å². The molecule has 6 nitrogen and oxygen atoms in total. The largest absolute Gasteiger partial charge is 0.477 e. The highest BCUT2D eigenvalue weighted by Crippen LogP contribution is 2.57. The molecule has 8 heteroatoms. The Hall–Kier alpha value is -1.77. The lowest BCUT2D eigenvalue weighted by Crippen LogP contribution is -2.69. The second-order valence-electron chi connectivity index (χ2n) is 8.58. The lowest BCUT2D eigenvalue weighted by molar-refractivity contribution is -0.173. The number of carbonyl (C=O) groups excluding carboxylic acids is 1. The summed E-state index contributed by atoms with van der Waals surface area (Å²) in [5, 5.41) is 9.46. The second-order valence-corrected chi connectivity index (χ2v) is 12.1. The fraction of sp³-hybridized carbons (Fsp3) is 0.500. The molecular weight excluding hydrogens is 394 g/mol. The zero-order valence-electron chi connectivity index (χ0n) is 17.1. The summed E-state index contributed by atoms with van der Waals surface area (Å²) < 4.78 is 11.7. The number of furan rings is 1. The Morgan fingerprint density at radius 2 is 2.00 bits per heavy atom. The van der Waals surface area contributed by atoms with Crippen LogP contribution in [0.1, 0.15) is 33.5 Å². The molecular formula is C20H27NO5SSi. The van der Waals surface area contributed by atoms with Crippen LogP contribution in [0.15, 0.2) is 39.5 Å². The summed E-state index contributed by atoms with van der Waals surface area (Å²) in [6, 6.07) is 3.56. The number of carboxylic acid groups (broad SMARTS) is 1. The van der Waals surface area contributed by atoms with Crippen LogP contribution in [0.5, 0.6) is 0 Å². The lowest BCUT2D eigenvalue weighted by Gasteiger charge is -2.56. The highest BCUT2D eigenvalue weighted by Gasteiger charge is 2.65. The van der Waals surface area contributed by atoms with E-state index in [9.17, 15) is 14.7 Å². The quantitative estimate of drug-likeness (QED) is 0.554. The molecule has 152 valence electrons. The summed E-state index contributed by atoms with van der Waals surface area (Å²) in [4.78, 5) is 27.0. The third kappa shape index (κ3) is 3.38. The Morgan fingerprint density at radius 1 is 1.32 bits per heavy atom. The van der Waals surface area contributed by atoms with Crippen molar-refractivity contribution in [2.24, 2.45) is 11.3 Å². The average molecular weight is 422 g/mol. The van der Waals surface area contributed by atoms with Crippen molar-refractivity contribution >= 4 is 38.8 Å². The summed E-state index contributed by atoms with van der Waals surface area (Å²) in [5.74, 6) is -1.04. The SMILES string of the molecule is C[SiH](C)OC(C)([C@H]1C(=O)N2C(C(=O)O)=C(/C=C/c3ccco3)S[C@H]12)C(C)(C)C. The van der Waals surface area contributed by atoms with Crippen LogP contribution in [0.3, 0.4) is 0 Å². The molecule has 0 saturated carbocycles. The summed E-state index contributed by atoms with van der Waals surface area (Å²) in [5.41, 5.74) is -0.896. The van der Waals surface area contributed by atoms with Crippen molar-refractivity contribution < 1.29 is 23.5 Å². The van der Waals surface area contributed by atoms with Crippen LogP contribution in [0.2, 0.25) is 13.1 Å². The van der Waals surface area contributed by atoms with Gasteiger partial charge in [-0.05, 0) is 49.7 Å². The van der Waals surface area contributed by atoms with Crippen molar-refractivity contribution in [1.29, 1.82) is 0 Å². The van der Waals surface area contributed by atoms with Crippen LogP contribution in [0.4, 0.5) is 0 Å². The van der Waals surface area contributed by atoms with Gasteiger partial charge in [0.2, 0.25) is 5.91 Å². The smallest absolute Gasteiger partial charge is 0.353 e. The van der Waals surface area contributed by atoms with E-state index in [0.29, 0.717) is 10.7 Å². The maximum absolute atomic E-state index is 13.1. The first-order valence-electron chi connectivity index (χ1n) is 9.34. The summed E-state index contributed by atoms with van der Waals surface area (Å²) in [6.45, 7) is 12.4. The predicted octanol–water partition coefficient (Wildman–Crippen LogP) is 3.93. The maximum Gasteiger partial charge on any atom is 0.353 e. The van der Waals surface area contributed by atoms with E-state index in [1.54, 1.807) is 30.5 Å². The minimum atomic E-state index is -1.43. The Bertz CT molecular complexity index is 839. The molecule has 0 aromatic carbocycles. The molecule has 2 aliphatic heterocycles. The van der Waals surface area contributed by atoms with Gasteiger partial charge in [-0.3, -0.25) is 9.69 Å². The van der Waals surface area contributed by atoms with E-state index in [1.807, 2.05) is 6.92 Å². The van der Waals surface area contributed by atoms with Crippen LogP contribution in [0.25, 0.3) is 6.08 Å². The van der Waals surface area contributed by atoms with E-state index in [2.05, 4.69) is 33.9 Å². The monoisotopic (exact) mass is 421 g/mol. The molecule has 0 radical (unpaired) electrons. The first-order chi connectivity index (χ1) is 13.0. The summed E-state index contributed by atoms with van der Waals surface area (Å²) >= 11 is 1.41. The van der Waals surface area contributed by atoms with E-state index in [0.717, 1.165) is 0 Å². The van der Waals surface area contributed by atoms with Crippen LogP contribution in [0, 0.1) is 11.3 Å².